The highest BCUT2D eigenvalue weighted by Crippen LogP contribution is 2.30. The van der Waals surface area contributed by atoms with Crippen LogP contribution < -0.4 is 10.1 Å². The highest BCUT2D eigenvalue weighted by Gasteiger charge is 2.23. The Morgan fingerprint density at radius 2 is 1.95 bits per heavy atom. The Labute approximate surface area is 121 Å². The molecular weight excluding hydrogens is 274 g/mol. The summed E-state index contributed by atoms with van der Waals surface area (Å²) in [4.78, 5) is 11.6. The van der Waals surface area contributed by atoms with Gasteiger partial charge in [0.15, 0.2) is 5.76 Å². The maximum Gasteiger partial charge on any atom is 0.294 e. The first kappa shape index (κ1) is 12.6. The third-order valence-corrected chi connectivity index (χ3v) is 3.25. The summed E-state index contributed by atoms with van der Waals surface area (Å²) in [6, 6.07) is 11.6. The average Bonchev–Trinajstić information content (AvgIpc) is 2.77. The summed E-state index contributed by atoms with van der Waals surface area (Å²) in [5.74, 6) is 0.662. The number of hydrogen-bond acceptors (Lipinski definition) is 4. The van der Waals surface area contributed by atoms with Gasteiger partial charge in [0, 0.05) is 5.39 Å². The van der Waals surface area contributed by atoms with Crippen molar-refractivity contribution in [1.82, 2.24) is 5.32 Å². The third-order valence-electron chi connectivity index (χ3n) is 3.07. The van der Waals surface area contributed by atoms with E-state index in [2.05, 4.69) is 5.32 Å². The highest BCUT2D eigenvalue weighted by molar-refractivity contribution is 7.80. The van der Waals surface area contributed by atoms with Gasteiger partial charge in [-0.15, -0.1) is 0 Å². The van der Waals surface area contributed by atoms with E-state index < -0.39 is 0 Å². The van der Waals surface area contributed by atoms with Gasteiger partial charge in [-0.25, -0.2) is 0 Å². The van der Waals surface area contributed by atoms with E-state index in [1.54, 1.807) is 13.2 Å². The molecule has 1 saturated heterocycles. The molecule has 3 rings (SSSR count). The lowest BCUT2D eigenvalue weighted by Crippen LogP contribution is -2.18. The molecule has 5 heteroatoms. The lowest BCUT2D eigenvalue weighted by molar-refractivity contribution is -0.116. The maximum absolute atomic E-state index is 11.6. The van der Waals surface area contributed by atoms with Crippen LogP contribution in [0.2, 0.25) is 0 Å². The van der Waals surface area contributed by atoms with Crippen LogP contribution in [0.25, 0.3) is 16.8 Å². The van der Waals surface area contributed by atoms with E-state index in [0.717, 1.165) is 22.1 Å². The second-order valence-electron chi connectivity index (χ2n) is 4.25. The molecule has 1 aliphatic rings. The van der Waals surface area contributed by atoms with Gasteiger partial charge in [-0.3, -0.25) is 10.1 Å². The summed E-state index contributed by atoms with van der Waals surface area (Å²) >= 11 is 4.81. The lowest BCUT2D eigenvalue weighted by atomic mass is 10.0. The zero-order chi connectivity index (χ0) is 14.1. The molecule has 4 nitrogen and oxygen atoms in total. The van der Waals surface area contributed by atoms with Crippen LogP contribution in [0.3, 0.4) is 0 Å². The Hall–Kier alpha value is -2.40. The lowest BCUT2D eigenvalue weighted by Gasteiger charge is -2.08. The molecule has 1 fully saturated rings. The molecular formula is C15H11NO3S. The van der Waals surface area contributed by atoms with Gasteiger partial charge in [0.25, 0.3) is 11.1 Å². The van der Waals surface area contributed by atoms with Crippen LogP contribution in [0.15, 0.2) is 42.2 Å². The summed E-state index contributed by atoms with van der Waals surface area (Å²) in [6.07, 6.45) is 1.68. The topological polar surface area (TPSA) is 47.6 Å². The number of carbonyl (C=O) groups is 1. The third kappa shape index (κ3) is 2.12. The van der Waals surface area contributed by atoms with Crippen LogP contribution in [0.1, 0.15) is 5.56 Å². The molecule has 1 heterocycles. The second kappa shape index (κ2) is 4.94. The van der Waals surface area contributed by atoms with E-state index in [9.17, 15) is 4.79 Å². The minimum absolute atomic E-state index is 0.0825. The van der Waals surface area contributed by atoms with Crippen molar-refractivity contribution in [2.45, 2.75) is 0 Å². The summed E-state index contributed by atoms with van der Waals surface area (Å²) in [5.41, 5.74) is 0.872. The quantitative estimate of drug-likeness (QED) is 0.680. The fourth-order valence-electron chi connectivity index (χ4n) is 2.16. The van der Waals surface area contributed by atoms with Crippen molar-refractivity contribution in [2.24, 2.45) is 0 Å². The van der Waals surface area contributed by atoms with Gasteiger partial charge in [-0.1, -0.05) is 30.3 Å². The Kier molecular flexibility index (Phi) is 3.12. The van der Waals surface area contributed by atoms with Crippen LogP contribution in [0.5, 0.6) is 5.75 Å². The monoisotopic (exact) mass is 285 g/mol. The SMILES string of the molecule is COc1ccc(C=C2OC(=S)NC2=O)c2ccccc12. The molecule has 1 N–H and O–H groups in total. The Bertz CT molecular complexity index is 752. The number of rotatable bonds is 2. The molecule has 20 heavy (non-hydrogen) atoms. The van der Waals surface area contributed by atoms with Crippen molar-refractivity contribution in [3.8, 4) is 5.75 Å². The normalized spacial score (nSPS) is 16.4. The molecule has 100 valence electrons. The number of ether oxygens (including phenoxy) is 2. The van der Waals surface area contributed by atoms with Crippen LogP contribution >= 0.6 is 12.2 Å². The minimum Gasteiger partial charge on any atom is -0.496 e. The van der Waals surface area contributed by atoms with E-state index in [0.29, 0.717) is 0 Å². The Morgan fingerprint density at radius 1 is 1.20 bits per heavy atom. The Morgan fingerprint density at radius 3 is 2.60 bits per heavy atom. The van der Waals surface area contributed by atoms with Gasteiger partial charge in [-0.2, -0.15) is 0 Å². The number of hydrogen-bond donors (Lipinski definition) is 1. The average molecular weight is 285 g/mol. The van der Waals surface area contributed by atoms with Crippen molar-refractivity contribution in [1.29, 1.82) is 0 Å². The van der Waals surface area contributed by atoms with Gasteiger partial charge < -0.3 is 9.47 Å². The first-order valence-electron chi connectivity index (χ1n) is 5.99. The molecule has 0 spiro atoms. The van der Waals surface area contributed by atoms with Crippen LogP contribution in [-0.4, -0.2) is 18.2 Å². The van der Waals surface area contributed by atoms with E-state index in [1.165, 1.54) is 0 Å². The van der Waals surface area contributed by atoms with E-state index in [-0.39, 0.29) is 16.8 Å². The Balaban J connectivity index is 2.16. The zero-order valence-electron chi connectivity index (χ0n) is 10.7. The summed E-state index contributed by atoms with van der Waals surface area (Å²) in [7, 11) is 1.63. The number of amides is 1. The maximum atomic E-state index is 11.6. The first-order valence-corrected chi connectivity index (χ1v) is 6.40. The number of nitrogens with one attached hydrogen (secondary N) is 1. The van der Waals surface area contributed by atoms with Crippen LogP contribution in [0.4, 0.5) is 0 Å². The molecule has 0 aliphatic carbocycles. The number of thiocarbonyl (C=S) groups is 1. The molecule has 0 aromatic heterocycles. The molecule has 0 bridgehead atoms. The number of fused-ring (bicyclic) bond motifs is 1. The van der Waals surface area contributed by atoms with Crippen molar-refractivity contribution in [3.63, 3.8) is 0 Å². The van der Waals surface area contributed by atoms with Crippen molar-refractivity contribution in [3.05, 3.63) is 47.7 Å². The number of carbonyl (C=O) groups excluding carboxylic acids is 1. The van der Waals surface area contributed by atoms with Crippen LogP contribution in [0, 0.1) is 0 Å². The van der Waals surface area contributed by atoms with Crippen molar-refractivity contribution in [2.75, 3.05) is 7.11 Å². The molecule has 0 atom stereocenters. The van der Waals surface area contributed by atoms with Crippen molar-refractivity contribution < 1.29 is 14.3 Å². The fourth-order valence-corrected chi connectivity index (χ4v) is 2.34. The van der Waals surface area contributed by atoms with E-state index in [4.69, 9.17) is 21.7 Å². The van der Waals surface area contributed by atoms with Gasteiger partial charge in [-0.05, 0) is 35.3 Å². The van der Waals surface area contributed by atoms with E-state index in [1.807, 2.05) is 36.4 Å². The second-order valence-corrected chi connectivity index (χ2v) is 4.63. The molecule has 1 aliphatic heterocycles. The molecule has 2 aromatic carbocycles. The predicted octanol–water partition coefficient (Wildman–Crippen LogP) is 2.62. The minimum atomic E-state index is -0.324. The molecule has 2 aromatic rings. The number of methoxy groups -OCH3 is 1. The van der Waals surface area contributed by atoms with Crippen LogP contribution in [-0.2, 0) is 9.53 Å². The van der Waals surface area contributed by atoms with Gasteiger partial charge >= 0.3 is 0 Å². The smallest absolute Gasteiger partial charge is 0.294 e. The predicted molar refractivity (Wildman–Crippen MR) is 80.3 cm³/mol. The summed E-state index contributed by atoms with van der Waals surface area (Å²) in [6.45, 7) is 0. The van der Waals surface area contributed by atoms with E-state index >= 15 is 0 Å². The number of benzene rings is 2. The molecule has 1 amide bonds. The zero-order valence-corrected chi connectivity index (χ0v) is 11.5. The molecule has 0 saturated carbocycles. The highest BCUT2D eigenvalue weighted by atomic mass is 32.1. The fraction of sp³-hybridized carbons (Fsp3) is 0.0667. The molecule has 0 unspecified atom stereocenters. The first-order chi connectivity index (χ1) is 9.69. The molecule has 0 radical (unpaired) electrons. The van der Waals surface area contributed by atoms with Crippen molar-refractivity contribution >= 4 is 40.1 Å². The largest absolute Gasteiger partial charge is 0.496 e. The standard InChI is InChI=1S/C15H11NO3S/c1-18-12-7-6-9(10-4-2-3-5-11(10)12)8-13-14(17)16-15(20)19-13/h2-8H,1H3,(H,16,17,20). The summed E-state index contributed by atoms with van der Waals surface area (Å²) < 4.78 is 10.5. The van der Waals surface area contributed by atoms with Gasteiger partial charge in [0.2, 0.25) is 0 Å². The van der Waals surface area contributed by atoms with Gasteiger partial charge in [0.05, 0.1) is 7.11 Å². The summed E-state index contributed by atoms with van der Waals surface area (Å²) in [5, 5.41) is 4.47. The van der Waals surface area contributed by atoms with Gasteiger partial charge in [0.1, 0.15) is 5.75 Å².